The van der Waals surface area contributed by atoms with Crippen LogP contribution in [0.4, 0.5) is 4.39 Å². The van der Waals surface area contributed by atoms with Crippen molar-refractivity contribution in [3.63, 3.8) is 0 Å². The first kappa shape index (κ1) is 21.4. The maximum atomic E-state index is 13.3. The van der Waals surface area contributed by atoms with Crippen molar-refractivity contribution in [1.29, 1.82) is 0 Å². The van der Waals surface area contributed by atoms with E-state index < -0.39 is 24.5 Å². The van der Waals surface area contributed by atoms with Crippen LogP contribution < -0.4 is 10.9 Å². The Hall–Kier alpha value is -3.85. The first-order valence-corrected chi connectivity index (χ1v) is 10.6. The molecule has 0 bridgehead atoms. The van der Waals surface area contributed by atoms with Crippen LogP contribution in [0.15, 0.2) is 70.8 Å². The lowest BCUT2D eigenvalue weighted by molar-refractivity contribution is -0.148. The number of aromatic nitrogens is 2. The summed E-state index contributed by atoms with van der Waals surface area (Å²) in [6.07, 6.45) is -0.198. The summed E-state index contributed by atoms with van der Waals surface area (Å²) in [4.78, 5) is 37.5. The summed E-state index contributed by atoms with van der Waals surface area (Å²) in [5.41, 5.74) is 0.711. The number of carbonyl (C=O) groups is 2. The van der Waals surface area contributed by atoms with Crippen LogP contribution in [0.5, 0.6) is 0 Å². The Morgan fingerprint density at radius 3 is 2.53 bits per heavy atom. The standard InChI is InChI=1S/C23H18FN3O4S/c24-15-9-7-14(8-10-15)22(19-6-3-11-32-19)25-20(28)13-31-21(29)12-18-16-4-1-2-5-17(16)23(30)27-26-18/h1-11,22H,12-13H2,(H,25,28)(H,27,30). The lowest BCUT2D eigenvalue weighted by Crippen LogP contribution is -2.33. The summed E-state index contributed by atoms with van der Waals surface area (Å²) < 4.78 is 18.4. The SMILES string of the molecule is O=C(COC(=O)Cc1n[nH]c(=O)c2ccccc12)NC(c1ccc(F)cc1)c1cccs1. The van der Waals surface area contributed by atoms with Crippen LogP contribution in [0.2, 0.25) is 0 Å². The molecular formula is C23H18FN3O4S. The van der Waals surface area contributed by atoms with E-state index in [2.05, 4.69) is 15.5 Å². The Morgan fingerprint density at radius 1 is 1.06 bits per heavy atom. The number of benzene rings is 2. The predicted molar refractivity (Wildman–Crippen MR) is 118 cm³/mol. The second-order valence-electron chi connectivity index (χ2n) is 6.95. The molecule has 0 aliphatic heterocycles. The fraction of sp³-hybridized carbons (Fsp3) is 0.130. The third kappa shape index (κ3) is 4.89. The summed E-state index contributed by atoms with van der Waals surface area (Å²) in [6, 6.07) is 15.8. The van der Waals surface area contributed by atoms with Gasteiger partial charge in [0.25, 0.3) is 11.5 Å². The van der Waals surface area contributed by atoms with Crippen LogP contribution >= 0.6 is 11.3 Å². The monoisotopic (exact) mass is 451 g/mol. The molecular weight excluding hydrogens is 433 g/mol. The van der Waals surface area contributed by atoms with Crippen LogP contribution in [0.3, 0.4) is 0 Å². The normalized spacial score (nSPS) is 11.8. The van der Waals surface area contributed by atoms with E-state index in [9.17, 15) is 18.8 Å². The minimum atomic E-state index is -0.653. The van der Waals surface area contributed by atoms with Gasteiger partial charge >= 0.3 is 5.97 Å². The number of H-pyrrole nitrogens is 1. The van der Waals surface area contributed by atoms with Crippen LogP contribution in [0.1, 0.15) is 22.2 Å². The number of halogens is 1. The minimum Gasteiger partial charge on any atom is -0.455 e. The summed E-state index contributed by atoms with van der Waals surface area (Å²) in [6.45, 7) is -0.483. The maximum absolute atomic E-state index is 13.3. The van der Waals surface area contributed by atoms with E-state index in [1.807, 2.05) is 17.5 Å². The Labute approximate surface area is 185 Å². The predicted octanol–water partition coefficient (Wildman–Crippen LogP) is 3.12. The summed E-state index contributed by atoms with van der Waals surface area (Å²) in [7, 11) is 0. The summed E-state index contributed by atoms with van der Waals surface area (Å²) >= 11 is 1.45. The second-order valence-corrected chi connectivity index (χ2v) is 7.93. The number of nitrogens with one attached hydrogen (secondary N) is 2. The number of amides is 1. The van der Waals surface area contributed by atoms with Gasteiger partial charge < -0.3 is 10.1 Å². The van der Waals surface area contributed by atoms with Crippen molar-refractivity contribution < 1.29 is 18.7 Å². The molecule has 9 heteroatoms. The molecule has 0 radical (unpaired) electrons. The molecule has 4 rings (SSSR count). The Balaban J connectivity index is 1.41. The number of esters is 1. The number of hydrogen-bond acceptors (Lipinski definition) is 6. The average molecular weight is 451 g/mol. The number of thiophene rings is 1. The Kier molecular flexibility index (Phi) is 6.37. The molecule has 0 spiro atoms. The van der Waals surface area contributed by atoms with Crippen molar-refractivity contribution in [2.75, 3.05) is 6.61 Å². The van der Waals surface area contributed by atoms with Crippen molar-refractivity contribution in [2.45, 2.75) is 12.5 Å². The zero-order chi connectivity index (χ0) is 22.5. The highest BCUT2D eigenvalue weighted by Gasteiger charge is 2.19. The zero-order valence-corrected chi connectivity index (χ0v) is 17.5. The van der Waals surface area contributed by atoms with Crippen molar-refractivity contribution in [2.24, 2.45) is 0 Å². The Bertz CT molecular complexity index is 1300. The van der Waals surface area contributed by atoms with Crippen molar-refractivity contribution >= 4 is 34.0 Å². The highest BCUT2D eigenvalue weighted by atomic mass is 32.1. The highest BCUT2D eigenvalue weighted by Crippen LogP contribution is 2.26. The molecule has 4 aromatic rings. The van der Waals surface area contributed by atoms with Gasteiger partial charge in [-0.25, -0.2) is 9.49 Å². The van der Waals surface area contributed by atoms with E-state index >= 15 is 0 Å². The zero-order valence-electron chi connectivity index (χ0n) is 16.7. The molecule has 0 aliphatic rings. The van der Waals surface area contributed by atoms with Crippen LogP contribution in [0, 0.1) is 5.82 Å². The lowest BCUT2D eigenvalue weighted by Gasteiger charge is -2.18. The largest absolute Gasteiger partial charge is 0.455 e. The fourth-order valence-electron chi connectivity index (χ4n) is 3.27. The van der Waals surface area contributed by atoms with Gasteiger partial charge in [-0.15, -0.1) is 11.3 Å². The molecule has 1 atom stereocenters. The molecule has 7 nitrogen and oxygen atoms in total. The van der Waals surface area contributed by atoms with Gasteiger partial charge in [-0.3, -0.25) is 14.4 Å². The van der Waals surface area contributed by atoms with Gasteiger partial charge in [0, 0.05) is 10.3 Å². The average Bonchev–Trinajstić information content (AvgIpc) is 3.34. The lowest BCUT2D eigenvalue weighted by atomic mass is 10.1. The Morgan fingerprint density at radius 2 is 1.81 bits per heavy atom. The van der Waals surface area contributed by atoms with E-state index in [1.165, 1.54) is 23.5 Å². The molecule has 2 N–H and O–H groups in total. The van der Waals surface area contributed by atoms with Gasteiger partial charge in [0.2, 0.25) is 0 Å². The van der Waals surface area contributed by atoms with E-state index in [0.717, 1.165) is 4.88 Å². The fourth-order valence-corrected chi connectivity index (χ4v) is 4.07. The number of ether oxygens (including phenoxy) is 1. The molecule has 2 aromatic carbocycles. The summed E-state index contributed by atoms with van der Waals surface area (Å²) in [5, 5.41) is 12.0. The maximum Gasteiger partial charge on any atom is 0.312 e. The van der Waals surface area contributed by atoms with E-state index in [4.69, 9.17) is 4.74 Å². The minimum absolute atomic E-state index is 0.198. The molecule has 162 valence electrons. The molecule has 0 aliphatic carbocycles. The van der Waals surface area contributed by atoms with Crippen LogP contribution in [-0.4, -0.2) is 28.7 Å². The van der Waals surface area contributed by atoms with Crippen molar-refractivity contribution in [3.05, 3.63) is 98.3 Å². The van der Waals surface area contributed by atoms with Gasteiger partial charge in [-0.2, -0.15) is 5.10 Å². The number of nitrogens with zero attached hydrogens (tertiary/aromatic N) is 1. The smallest absolute Gasteiger partial charge is 0.312 e. The molecule has 2 heterocycles. The first-order chi connectivity index (χ1) is 15.5. The van der Waals surface area contributed by atoms with Gasteiger partial charge in [0.05, 0.1) is 23.5 Å². The van der Waals surface area contributed by atoms with Gasteiger partial charge in [0.1, 0.15) is 5.82 Å². The van der Waals surface area contributed by atoms with Crippen LogP contribution in [-0.2, 0) is 20.7 Å². The summed E-state index contributed by atoms with van der Waals surface area (Å²) in [5.74, 6) is -1.53. The number of hydrogen-bond donors (Lipinski definition) is 2. The number of fused-ring (bicyclic) bond motifs is 1. The topological polar surface area (TPSA) is 101 Å². The third-order valence-electron chi connectivity index (χ3n) is 4.79. The van der Waals surface area contributed by atoms with Crippen LogP contribution in [0.25, 0.3) is 10.8 Å². The number of carbonyl (C=O) groups excluding carboxylic acids is 2. The van der Waals surface area contributed by atoms with E-state index in [0.29, 0.717) is 22.0 Å². The number of aromatic amines is 1. The van der Waals surface area contributed by atoms with Crippen molar-refractivity contribution in [3.8, 4) is 0 Å². The highest BCUT2D eigenvalue weighted by molar-refractivity contribution is 7.10. The van der Waals surface area contributed by atoms with Crippen molar-refractivity contribution in [1.82, 2.24) is 15.5 Å². The molecule has 0 saturated carbocycles. The van der Waals surface area contributed by atoms with Gasteiger partial charge in [-0.1, -0.05) is 36.4 Å². The second kappa shape index (κ2) is 9.52. The number of rotatable bonds is 7. The van der Waals surface area contributed by atoms with E-state index in [1.54, 1.807) is 36.4 Å². The molecule has 2 aromatic heterocycles. The van der Waals surface area contributed by atoms with Gasteiger partial charge in [0.15, 0.2) is 6.61 Å². The molecule has 0 fully saturated rings. The molecule has 0 saturated heterocycles. The third-order valence-corrected chi connectivity index (χ3v) is 5.72. The van der Waals surface area contributed by atoms with Gasteiger partial charge in [-0.05, 0) is 35.2 Å². The first-order valence-electron chi connectivity index (χ1n) is 9.71. The quantitative estimate of drug-likeness (QED) is 0.421. The molecule has 1 amide bonds. The molecule has 32 heavy (non-hydrogen) atoms. The van der Waals surface area contributed by atoms with E-state index in [-0.39, 0.29) is 17.8 Å². The molecule has 1 unspecified atom stereocenters.